The van der Waals surface area contributed by atoms with Gasteiger partial charge in [0.15, 0.2) is 0 Å². The highest BCUT2D eigenvalue weighted by molar-refractivity contribution is 7.89. The summed E-state index contributed by atoms with van der Waals surface area (Å²) in [6.07, 6.45) is 3.35. The van der Waals surface area contributed by atoms with E-state index < -0.39 is 10.0 Å². The zero-order chi connectivity index (χ0) is 21.5. The Bertz CT molecular complexity index is 996. The molecule has 1 amide bonds. The third-order valence-electron chi connectivity index (χ3n) is 6.18. The largest absolute Gasteiger partial charge is 0.334 e. The molecule has 0 atom stereocenters. The van der Waals surface area contributed by atoms with Crippen LogP contribution in [-0.2, 0) is 21.4 Å². The van der Waals surface area contributed by atoms with E-state index in [9.17, 15) is 13.2 Å². The highest BCUT2D eigenvalue weighted by atomic mass is 32.2. The standard InChI is InChI=1S/C23H30N2O3S2/c1-16-13-17(2)22(18(3)14-16)30(27,28)24-10-8-19(9-11-24)23(26)25(20-6-7-20)15-21-5-4-12-29-21/h4-5,12-14,19-20H,6-11,15H2,1-3H3. The van der Waals surface area contributed by atoms with E-state index in [2.05, 4.69) is 6.07 Å². The van der Waals surface area contributed by atoms with Gasteiger partial charge in [-0.05, 0) is 69.0 Å². The van der Waals surface area contributed by atoms with Gasteiger partial charge in [-0.1, -0.05) is 23.8 Å². The molecule has 2 aliphatic rings. The van der Waals surface area contributed by atoms with Crippen LogP contribution in [0.2, 0.25) is 0 Å². The van der Waals surface area contributed by atoms with Gasteiger partial charge in [0.05, 0.1) is 11.4 Å². The second kappa shape index (κ2) is 8.44. The van der Waals surface area contributed by atoms with E-state index in [-0.39, 0.29) is 11.8 Å². The van der Waals surface area contributed by atoms with Gasteiger partial charge in [-0.3, -0.25) is 4.79 Å². The number of sulfonamides is 1. The van der Waals surface area contributed by atoms with Crippen molar-refractivity contribution >= 4 is 27.3 Å². The van der Waals surface area contributed by atoms with Crippen molar-refractivity contribution in [3.63, 3.8) is 0 Å². The van der Waals surface area contributed by atoms with E-state index >= 15 is 0 Å². The fraction of sp³-hybridized carbons (Fsp3) is 0.522. The number of aryl methyl sites for hydroxylation is 3. The predicted octanol–water partition coefficient (Wildman–Crippen LogP) is 4.27. The van der Waals surface area contributed by atoms with Gasteiger partial charge in [0, 0.05) is 29.9 Å². The number of thiophene rings is 1. The Morgan fingerprint density at radius 3 is 2.27 bits per heavy atom. The smallest absolute Gasteiger partial charge is 0.243 e. The van der Waals surface area contributed by atoms with Crippen LogP contribution < -0.4 is 0 Å². The van der Waals surface area contributed by atoms with Crippen LogP contribution in [0.15, 0.2) is 34.5 Å². The molecule has 1 saturated carbocycles. The second-order valence-electron chi connectivity index (χ2n) is 8.68. The molecule has 7 heteroatoms. The van der Waals surface area contributed by atoms with Crippen molar-refractivity contribution in [1.29, 1.82) is 0 Å². The van der Waals surface area contributed by atoms with Crippen LogP contribution in [0.4, 0.5) is 0 Å². The molecule has 0 N–H and O–H groups in total. The molecule has 162 valence electrons. The van der Waals surface area contributed by atoms with Gasteiger partial charge in [-0.15, -0.1) is 11.3 Å². The van der Waals surface area contributed by atoms with E-state index in [1.165, 1.54) is 4.88 Å². The lowest BCUT2D eigenvalue weighted by molar-refractivity contribution is -0.138. The van der Waals surface area contributed by atoms with Crippen LogP contribution in [-0.4, -0.2) is 42.7 Å². The highest BCUT2D eigenvalue weighted by Crippen LogP contribution is 2.34. The number of benzene rings is 1. The summed E-state index contributed by atoms with van der Waals surface area (Å²) in [5.74, 6) is 0.114. The maximum absolute atomic E-state index is 13.3. The lowest BCUT2D eigenvalue weighted by Crippen LogP contribution is -2.45. The molecule has 2 heterocycles. The third-order valence-corrected chi connectivity index (χ3v) is 9.25. The number of carbonyl (C=O) groups is 1. The summed E-state index contributed by atoms with van der Waals surface area (Å²) in [6, 6.07) is 8.31. The number of carbonyl (C=O) groups excluding carboxylic acids is 1. The Hall–Kier alpha value is -1.70. The Morgan fingerprint density at radius 1 is 1.10 bits per heavy atom. The normalized spacial score (nSPS) is 18.5. The Morgan fingerprint density at radius 2 is 1.73 bits per heavy atom. The Balaban J connectivity index is 1.45. The topological polar surface area (TPSA) is 57.7 Å². The second-order valence-corrected chi connectivity index (χ2v) is 11.6. The molecule has 1 aliphatic carbocycles. The number of amides is 1. The first-order chi connectivity index (χ1) is 14.3. The summed E-state index contributed by atoms with van der Waals surface area (Å²) in [5, 5.41) is 2.04. The molecule has 5 nitrogen and oxygen atoms in total. The number of piperidine rings is 1. The van der Waals surface area contributed by atoms with E-state index in [0.29, 0.717) is 43.4 Å². The highest BCUT2D eigenvalue weighted by Gasteiger charge is 2.39. The summed E-state index contributed by atoms with van der Waals surface area (Å²) < 4.78 is 28.2. The summed E-state index contributed by atoms with van der Waals surface area (Å²) in [4.78, 5) is 16.9. The molecule has 1 saturated heterocycles. The van der Waals surface area contributed by atoms with Crippen LogP contribution in [0.3, 0.4) is 0 Å². The first kappa shape index (κ1) is 21.5. The molecule has 1 aromatic carbocycles. The Labute approximate surface area is 183 Å². The number of rotatable bonds is 6. The van der Waals surface area contributed by atoms with Crippen LogP contribution in [0, 0.1) is 26.7 Å². The molecular weight excluding hydrogens is 416 g/mol. The van der Waals surface area contributed by atoms with Gasteiger partial charge in [0.25, 0.3) is 0 Å². The fourth-order valence-electron chi connectivity index (χ4n) is 4.62. The van der Waals surface area contributed by atoms with Gasteiger partial charge in [-0.25, -0.2) is 8.42 Å². The number of nitrogens with zero attached hydrogens (tertiary/aromatic N) is 2. The van der Waals surface area contributed by atoms with Crippen LogP contribution in [0.25, 0.3) is 0 Å². The molecule has 0 spiro atoms. The van der Waals surface area contributed by atoms with Crippen molar-refractivity contribution in [2.24, 2.45) is 5.92 Å². The Kier molecular flexibility index (Phi) is 6.06. The molecule has 30 heavy (non-hydrogen) atoms. The maximum Gasteiger partial charge on any atom is 0.243 e. The molecule has 4 rings (SSSR count). The first-order valence-electron chi connectivity index (χ1n) is 10.7. The number of hydrogen-bond donors (Lipinski definition) is 0. The lowest BCUT2D eigenvalue weighted by Gasteiger charge is -2.34. The molecular formula is C23H30N2O3S2. The molecule has 1 aromatic heterocycles. The van der Waals surface area contributed by atoms with E-state index in [1.807, 2.05) is 49.3 Å². The summed E-state index contributed by atoms with van der Waals surface area (Å²) >= 11 is 1.68. The molecule has 2 aromatic rings. The van der Waals surface area contributed by atoms with Crippen molar-refractivity contribution in [3.05, 3.63) is 51.2 Å². The molecule has 0 bridgehead atoms. The van der Waals surface area contributed by atoms with Crippen molar-refractivity contribution < 1.29 is 13.2 Å². The van der Waals surface area contributed by atoms with Crippen molar-refractivity contribution in [2.75, 3.05) is 13.1 Å². The average molecular weight is 447 g/mol. The summed E-state index contributed by atoms with van der Waals surface area (Å²) in [6.45, 7) is 7.20. The molecule has 0 radical (unpaired) electrons. The minimum atomic E-state index is -3.54. The quantitative estimate of drug-likeness (QED) is 0.666. The lowest BCUT2D eigenvalue weighted by atomic mass is 9.96. The SMILES string of the molecule is Cc1cc(C)c(S(=O)(=O)N2CCC(C(=O)N(Cc3cccs3)C3CC3)CC2)c(C)c1. The fourth-order valence-corrected chi connectivity index (χ4v) is 7.21. The van der Waals surface area contributed by atoms with E-state index in [4.69, 9.17) is 0 Å². The van der Waals surface area contributed by atoms with E-state index in [1.54, 1.807) is 15.6 Å². The van der Waals surface area contributed by atoms with Crippen LogP contribution in [0.5, 0.6) is 0 Å². The van der Waals surface area contributed by atoms with Crippen molar-refractivity contribution in [3.8, 4) is 0 Å². The first-order valence-corrected chi connectivity index (χ1v) is 13.0. The van der Waals surface area contributed by atoms with Gasteiger partial charge < -0.3 is 4.90 Å². The van der Waals surface area contributed by atoms with Gasteiger partial charge >= 0.3 is 0 Å². The zero-order valence-corrected chi connectivity index (χ0v) is 19.6. The van der Waals surface area contributed by atoms with Gasteiger partial charge in [-0.2, -0.15) is 4.31 Å². The molecule has 1 aliphatic heterocycles. The predicted molar refractivity (Wildman–Crippen MR) is 120 cm³/mol. The minimum absolute atomic E-state index is 0.0859. The third kappa shape index (κ3) is 4.34. The minimum Gasteiger partial charge on any atom is -0.334 e. The van der Waals surface area contributed by atoms with E-state index in [0.717, 1.165) is 29.5 Å². The van der Waals surface area contributed by atoms with Gasteiger partial charge in [0.2, 0.25) is 15.9 Å². The molecule has 0 unspecified atom stereocenters. The van der Waals surface area contributed by atoms with Crippen molar-refractivity contribution in [2.45, 2.75) is 63.9 Å². The maximum atomic E-state index is 13.3. The van der Waals surface area contributed by atoms with Crippen LogP contribution in [0.1, 0.15) is 47.3 Å². The monoisotopic (exact) mass is 446 g/mol. The van der Waals surface area contributed by atoms with Gasteiger partial charge in [0.1, 0.15) is 0 Å². The zero-order valence-electron chi connectivity index (χ0n) is 17.9. The summed E-state index contributed by atoms with van der Waals surface area (Å²) in [5.41, 5.74) is 2.65. The van der Waals surface area contributed by atoms with Crippen molar-refractivity contribution in [1.82, 2.24) is 9.21 Å². The summed E-state index contributed by atoms with van der Waals surface area (Å²) in [7, 11) is -3.54. The molecule has 2 fully saturated rings. The van der Waals surface area contributed by atoms with Crippen LogP contribution >= 0.6 is 11.3 Å². The number of hydrogen-bond acceptors (Lipinski definition) is 4. The average Bonchev–Trinajstić information content (AvgIpc) is 3.40.